The van der Waals surface area contributed by atoms with Gasteiger partial charge in [0.05, 0.1) is 25.5 Å². The summed E-state index contributed by atoms with van der Waals surface area (Å²) >= 11 is 0. The molecule has 0 saturated carbocycles. The minimum absolute atomic E-state index is 0.128. The van der Waals surface area contributed by atoms with Gasteiger partial charge in [0.1, 0.15) is 11.5 Å². The summed E-state index contributed by atoms with van der Waals surface area (Å²) in [7, 11) is 3.11. The summed E-state index contributed by atoms with van der Waals surface area (Å²) in [6.45, 7) is 1.23. The van der Waals surface area contributed by atoms with Crippen LogP contribution in [0.15, 0.2) is 36.4 Å². The lowest BCUT2D eigenvalue weighted by Crippen LogP contribution is -2.24. The molecule has 132 valence electrons. The normalized spacial score (nSPS) is 14.0. The van der Waals surface area contributed by atoms with E-state index < -0.39 is 0 Å². The highest BCUT2D eigenvalue weighted by Crippen LogP contribution is 2.41. The predicted octanol–water partition coefficient (Wildman–Crippen LogP) is 3.16. The first kappa shape index (κ1) is 17.1. The highest BCUT2D eigenvalue weighted by atomic mass is 16.6. The van der Waals surface area contributed by atoms with Crippen molar-refractivity contribution in [3.63, 3.8) is 0 Å². The summed E-state index contributed by atoms with van der Waals surface area (Å²) in [6.07, 6.45) is 1.48. The number of anilines is 1. The second kappa shape index (κ2) is 7.44. The summed E-state index contributed by atoms with van der Waals surface area (Å²) in [5.41, 5.74) is 5.82. The number of nitrogens with one attached hydrogen (secondary N) is 1. The number of hydrogen-bond donors (Lipinski definition) is 2. The van der Waals surface area contributed by atoms with Crippen LogP contribution in [-0.4, -0.2) is 36.7 Å². The number of likely N-dealkylation sites (tertiary alicyclic amines) is 1. The van der Waals surface area contributed by atoms with Crippen molar-refractivity contribution in [1.82, 2.24) is 4.90 Å². The number of hydrogen-bond acceptors (Lipinski definition) is 5. The van der Waals surface area contributed by atoms with E-state index in [0.717, 1.165) is 29.8 Å². The van der Waals surface area contributed by atoms with Crippen molar-refractivity contribution in [3.8, 4) is 22.6 Å². The third-order valence-electron chi connectivity index (χ3n) is 4.33. The van der Waals surface area contributed by atoms with Gasteiger partial charge >= 0.3 is 0 Å². The quantitative estimate of drug-likeness (QED) is 0.789. The summed E-state index contributed by atoms with van der Waals surface area (Å²) < 4.78 is 5.61. The monoisotopic (exact) mass is 342 g/mol. The number of phenolic OH excluding ortho intramolecular Hbond substituents is 1. The Morgan fingerprint density at radius 3 is 2.76 bits per heavy atom. The van der Waals surface area contributed by atoms with E-state index in [1.807, 2.05) is 29.2 Å². The minimum Gasteiger partial charge on any atom is -0.507 e. The lowest BCUT2D eigenvalue weighted by molar-refractivity contribution is -0.128. The molecule has 0 atom stereocenters. The highest BCUT2D eigenvalue weighted by Gasteiger charge is 2.23. The summed E-state index contributed by atoms with van der Waals surface area (Å²) in [6, 6.07) is 10.9. The van der Waals surface area contributed by atoms with Gasteiger partial charge in [0.15, 0.2) is 0 Å². The van der Waals surface area contributed by atoms with Crippen molar-refractivity contribution in [3.05, 3.63) is 42.0 Å². The van der Waals surface area contributed by atoms with Gasteiger partial charge in [-0.3, -0.25) is 15.1 Å². The standard InChI is InChI=1S/C19H22N2O4/c1-24-19-14(12-21-10-4-7-17(21)23)8-9-16(22)18(19)13-5-3-6-15(11-13)20-25-2/h3,5-6,8-9,11,20,22H,4,7,10,12H2,1-2H3. The SMILES string of the molecule is CONc1cccc(-c2c(O)ccc(CN3CCCC3=O)c2OC)c1. The molecule has 3 rings (SSSR count). The van der Waals surface area contributed by atoms with Crippen molar-refractivity contribution >= 4 is 11.6 Å². The molecular weight excluding hydrogens is 320 g/mol. The molecule has 2 N–H and O–H groups in total. The van der Waals surface area contributed by atoms with Crippen LogP contribution in [0.1, 0.15) is 18.4 Å². The van der Waals surface area contributed by atoms with Gasteiger partial charge in [-0.25, -0.2) is 0 Å². The number of ether oxygens (including phenoxy) is 1. The molecule has 25 heavy (non-hydrogen) atoms. The average Bonchev–Trinajstić information content (AvgIpc) is 3.01. The third-order valence-corrected chi connectivity index (χ3v) is 4.33. The van der Waals surface area contributed by atoms with Crippen LogP contribution in [0.4, 0.5) is 5.69 Å². The number of methoxy groups -OCH3 is 1. The van der Waals surface area contributed by atoms with Gasteiger partial charge in [-0.2, -0.15) is 0 Å². The van der Waals surface area contributed by atoms with E-state index in [4.69, 9.17) is 9.57 Å². The minimum atomic E-state index is 0.128. The van der Waals surface area contributed by atoms with Gasteiger partial charge in [0, 0.05) is 25.1 Å². The predicted molar refractivity (Wildman–Crippen MR) is 95.4 cm³/mol. The number of nitrogens with zero attached hydrogens (tertiary/aromatic N) is 1. The first-order valence-corrected chi connectivity index (χ1v) is 8.20. The fourth-order valence-electron chi connectivity index (χ4n) is 3.18. The number of aromatic hydroxyl groups is 1. The lowest BCUT2D eigenvalue weighted by Gasteiger charge is -2.20. The third kappa shape index (κ3) is 3.53. The van der Waals surface area contributed by atoms with Gasteiger partial charge in [-0.05, 0) is 36.2 Å². The van der Waals surface area contributed by atoms with Gasteiger partial charge in [-0.1, -0.05) is 12.1 Å². The molecule has 2 aromatic carbocycles. The number of amides is 1. The Labute approximate surface area is 146 Å². The molecule has 1 amide bonds. The number of carbonyl (C=O) groups is 1. The Kier molecular flexibility index (Phi) is 5.09. The molecule has 0 unspecified atom stereocenters. The van der Waals surface area contributed by atoms with Crippen LogP contribution in [0, 0.1) is 0 Å². The lowest BCUT2D eigenvalue weighted by atomic mass is 9.99. The number of rotatable bonds is 6. The van der Waals surface area contributed by atoms with Crippen LogP contribution in [-0.2, 0) is 16.2 Å². The fourth-order valence-corrected chi connectivity index (χ4v) is 3.18. The van der Waals surface area contributed by atoms with Crippen LogP contribution >= 0.6 is 0 Å². The Balaban J connectivity index is 2.02. The molecule has 6 nitrogen and oxygen atoms in total. The van der Waals surface area contributed by atoms with E-state index in [0.29, 0.717) is 24.3 Å². The molecule has 1 aliphatic heterocycles. The summed E-state index contributed by atoms with van der Waals surface area (Å²) in [5.74, 6) is 0.861. The van der Waals surface area contributed by atoms with Gasteiger partial charge in [0.2, 0.25) is 5.91 Å². The van der Waals surface area contributed by atoms with Crippen LogP contribution in [0.25, 0.3) is 11.1 Å². The zero-order valence-corrected chi connectivity index (χ0v) is 14.4. The Morgan fingerprint density at radius 1 is 1.24 bits per heavy atom. The maximum Gasteiger partial charge on any atom is 0.222 e. The molecule has 1 saturated heterocycles. The van der Waals surface area contributed by atoms with Crippen LogP contribution in [0.3, 0.4) is 0 Å². The van der Waals surface area contributed by atoms with Gasteiger partial charge < -0.3 is 14.7 Å². The van der Waals surface area contributed by atoms with E-state index in [-0.39, 0.29) is 11.7 Å². The average molecular weight is 342 g/mol. The van der Waals surface area contributed by atoms with E-state index in [1.54, 1.807) is 26.4 Å². The molecule has 0 radical (unpaired) electrons. The topological polar surface area (TPSA) is 71.0 Å². The maximum atomic E-state index is 11.9. The Bertz CT molecular complexity index is 776. The van der Waals surface area contributed by atoms with E-state index >= 15 is 0 Å². The van der Waals surface area contributed by atoms with Gasteiger partial charge in [0.25, 0.3) is 0 Å². The Hall–Kier alpha value is -2.73. The molecule has 1 fully saturated rings. The molecule has 1 heterocycles. The first-order valence-electron chi connectivity index (χ1n) is 8.20. The molecule has 0 aromatic heterocycles. The molecule has 2 aromatic rings. The molecule has 6 heteroatoms. The van der Waals surface area contributed by atoms with Crippen LogP contribution < -0.4 is 10.2 Å². The van der Waals surface area contributed by atoms with E-state index in [2.05, 4.69) is 5.48 Å². The van der Waals surface area contributed by atoms with Crippen LogP contribution in [0.5, 0.6) is 11.5 Å². The smallest absolute Gasteiger partial charge is 0.222 e. The van der Waals surface area contributed by atoms with Crippen molar-refractivity contribution in [2.75, 3.05) is 26.2 Å². The Morgan fingerprint density at radius 2 is 2.08 bits per heavy atom. The molecular formula is C19H22N2O4. The van der Waals surface area contributed by atoms with Crippen molar-refractivity contribution < 1.29 is 19.5 Å². The number of carbonyl (C=O) groups excluding carboxylic acids is 1. The molecule has 0 aliphatic carbocycles. The number of benzene rings is 2. The summed E-state index contributed by atoms with van der Waals surface area (Å²) in [5, 5.41) is 10.4. The van der Waals surface area contributed by atoms with Crippen molar-refractivity contribution in [2.24, 2.45) is 0 Å². The van der Waals surface area contributed by atoms with E-state index in [1.165, 1.54) is 0 Å². The largest absolute Gasteiger partial charge is 0.507 e. The molecule has 1 aliphatic rings. The fraction of sp³-hybridized carbons (Fsp3) is 0.316. The molecule has 0 spiro atoms. The zero-order valence-electron chi connectivity index (χ0n) is 14.4. The van der Waals surface area contributed by atoms with Crippen molar-refractivity contribution in [1.29, 1.82) is 0 Å². The second-order valence-corrected chi connectivity index (χ2v) is 5.96. The van der Waals surface area contributed by atoms with Crippen LogP contribution in [0.2, 0.25) is 0 Å². The summed E-state index contributed by atoms with van der Waals surface area (Å²) in [4.78, 5) is 18.7. The van der Waals surface area contributed by atoms with Crippen molar-refractivity contribution in [2.45, 2.75) is 19.4 Å². The maximum absolute atomic E-state index is 11.9. The van der Waals surface area contributed by atoms with E-state index in [9.17, 15) is 9.90 Å². The zero-order chi connectivity index (χ0) is 17.8. The second-order valence-electron chi connectivity index (χ2n) is 5.96. The first-order chi connectivity index (χ1) is 12.1. The molecule has 0 bridgehead atoms. The highest BCUT2D eigenvalue weighted by molar-refractivity contribution is 5.81. The van der Waals surface area contributed by atoms with Gasteiger partial charge in [-0.15, -0.1) is 0 Å². The number of phenols is 1.